The van der Waals surface area contributed by atoms with Crippen molar-refractivity contribution in [2.45, 2.75) is 70.1 Å². The zero-order valence-electron chi connectivity index (χ0n) is 11.4. The van der Waals surface area contributed by atoms with Crippen molar-refractivity contribution in [3.8, 4) is 0 Å². The molecule has 18 heavy (non-hydrogen) atoms. The van der Waals surface area contributed by atoms with Crippen LogP contribution in [0.5, 0.6) is 0 Å². The first-order valence-corrected chi connectivity index (χ1v) is 7.42. The van der Waals surface area contributed by atoms with E-state index >= 15 is 0 Å². The van der Waals surface area contributed by atoms with Crippen LogP contribution < -0.4 is 10.6 Å². The number of carbonyl (C=O) groups excluding carboxylic acids is 1. The summed E-state index contributed by atoms with van der Waals surface area (Å²) >= 11 is 0. The molecule has 0 aromatic heterocycles. The highest BCUT2D eigenvalue weighted by molar-refractivity contribution is 5.78. The summed E-state index contributed by atoms with van der Waals surface area (Å²) in [6, 6.07) is 0.893. The standard InChI is InChI=1S/C14H26N2O2/c1-2-18-13-8-12(9-13)15-10-14(17)16-11-6-4-3-5-7-11/h11-13,15H,2-10H2,1H3,(H,16,17). The molecule has 4 nitrogen and oxygen atoms in total. The first kappa shape index (κ1) is 13.8. The Morgan fingerprint density at radius 2 is 1.89 bits per heavy atom. The predicted molar refractivity (Wildman–Crippen MR) is 71.5 cm³/mol. The topological polar surface area (TPSA) is 50.4 Å². The number of nitrogens with one attached hydrogen (secondary N) is 2. The molecule has 0 saturated heterocycles. The molecule has 0 bridgehead atoms. The number of hydrogen-bond donors (Lipinski definition) is 2. The Morgan fingerprint density at radius 3 is 2.56 bits per heavy atom. The summed E-state index contributed by atoms with van der Waals surface area (Å²) in [5.74, 6) is 0.154. The summed E-state index contributed by atoms with van der Waals surface area (Å²) in [4.78, 5) is 11.8. The molecule has 4 heteroatoms. The molecular weight excluding hydrogens is 228 g/mol. The van der Waals surface area contributed by atoms with E-state index in [-0.39, 0.29) is 5.91 Å². The van der Waals surface area contributed by atoms with Gasteiger partial charge in [-0.05, 0) is 32.6 Å². The molecule has 0 aromatic rings. The lowest BCUT2D eigenvalue weighted by atomic mass is 9.89. The largest absolute Gasteiger partial charge is 0.378 e. The lowest BCUT2D eigenvalue weighted by Gasteiger charge is -2.35. The van der Waals surface area contributed by atoms with Gasteiger partial charge in [-0.2, -0.15) is 0 Å². The fourth-order valence-corrected chi connectivity index (χ4v) is 2.87. The molecule has 0 aromatic carbocycles. The second kappa shape index (κ2) is 7.10. The van der Waals surface area contributed by atoms with Gasteiger partial charge in [-0.3, -0.25) is 4.79 Å². The van der Waals surface area contributed by atoms with Crippen LogP contribution in [0.2, 0.25) is 0 Å². The smallest absolute Gasteiger partial charge is 0.234 e. The minimum Gasteiger partial charge on any atom is -0.378 e. The zero-order chi connectivity index (χ0) is 12.8. The first-order valence-electron chi connectivity index (χ1n) is 7.42. The van der Waals surface area contributed by atoms with Gasteiger partial charge < -0.3 is 15.4 Å². The SMILES string of the molecule is CCOC1CC(NCC(=O)NC2CCCCC2)C1. The highest BCUT2D eigenvalue weighted by atomic mass is 16.5. The number of ether oxygens (including phenoxy) is 1. The molecule has 2 rings (SSSR count). The predicted octanol–water partition coefficient (Wildman–Crippen LogP) is 1.59. The average molecular weight is 254 g/mol. The molecule has 0 aliphatic heterocycles. The molecule has 0 atom stereocenters. The number of rotatable bonds is 6. The molecule has 2 saturated carbocycles. The quantitative estimate of drug-likeness (QED) is 0.757. The Kier molecular flexibility index (Phi) is 5.45. The summed E-state index contributed by atoms with van der Waals surface area (Å²) in [7, 11) is 0. The van der Waals surface area contributed by atoms with Crippen molar-refractivity contribution < 1.29 is 9.53 Å². The minimum atomic E-state index is 0.154. The van der Waals surface area contributed by atoms with E-state index in [2.05, 4.69) is 10.6 Å². The Hall–Kier alpha value is -0.610. The van der Waals surface area contributed by atoms with Crippen LogP contribution in [-0.2, 0) is 9.53 Å². The van der Waals surface area contributed by atoms with Crippen LogP contribution in [0.4, 0.5) is 0 Å². The Morgan fingerprint density at radius 1 is 1.17 bits per heavy atom. The van der Waals surface area contributed by atoms with Gasteiger partial charge in [0.25, 0.3) is 0 Å². The highest BCUT2D eigenvalue weighted by Crippen LogP contribution is 2.23. The van der Waals surface area contributed by atoms with Crippen LogP contribution in [0.1, 0.15) is 51.9 Å². The highest BCUT2D eigenvalue weighted by Gasteiger charge is 2.29. The van der Waals surface area contributed by atoms with Gasteiger partial charge in [0.2, 0.25) is 5.91 Å². The molecule has 0 radical (unpaired) electrons. The second-order valence-electron chi connectivity index (χ2n) is 5.53. The third-order valence-electron chi connectivity index (χ3n) is 4.02. The molecule has 1 amide bonds. The van der Waals surface area contributed by atoms with Gasteiger partial charge in [0.05, 0.1) is 12.6 Å². The maximum Gasteiger partial charge on any atom is 0.234 e. The van der Waals surface area contributed by atoms with E-state index in [1.165, 1.54) is 19.3 Å². The molecule has 0 unspecified atom stereocenters. The number of hydrogen-bond acceptors (Lipinski definition) is 3. The van der Waals surface area contributed by atoms with Gasteiger partial charge in [-0.15, -0.1) is 0 Å². The van der Waals surface area contributed by atoms with E-state index in [4.69, 9.17) is 4.74 Å². The van der Waals surface area contributed by atoms with Gasteiger partial charge in [-0.25, -0.2) is 0 Å². The van der Waals surface area contributed by atoms with Crippen LogP contribution in [0.25, 0.3) is 0 Å². The summed E-state index contributed by atoms with van der Waals surface area (Å²) in [5, 5.41) is 6.43. The van der Waals surface area contributed by atoms with Crippen LogP contribution in [0.15, 0.2) is 0 Å². The molecule has 2 aliphatic carbocycles. The van der Waals surface area contributed by atoms with Gasteiger partial charge in [0.15, 0.2) is 0 Å². The maximum atomic E-state index is 11.8. The molecule has 2 fully saturated rings. The zero-order valence-corrected chi connectivity index (χ0v) is 11.4. The van der Waals surface area contributed by atoms with E-state index < -0.39 is 0 Å². The molecule has 0 heterocycles. The Labute approximate surface area is 110 Å². The third kappa shape index (κ3) is 4.25. The van der Waals surface area contributed by atoms with Crippen LogP contribution in [-0.4, -0.2) is 37.2 Å². The Bertz CT molecular complexity index is 259. The monoisotopic (exact) mass is 254 g/mol. The number of carbonyl (C=O) groups is 1. The fourth-order valence-electron chi connectivity index (χ4n) is 2.87. The lowest BCUT2D eigenvalue weighted by Crippen LogP contribution is -2.49. The summed E-state index contributed by atoms with van der Waals surface area (Å²) in [6.07, 6.45) is 8.66. The van der Waals surface area contributed by atoms with Gasteiger partial charge in [-0.1, -0.05) is 19.3 Å². The molecule has 2 aliphatic rings. The van der Waals surface area contributed by atoms with E-state index in [0.717, 1.165) is 32.3 Å². The van der Waals surface area contributed by atoms with Crippen molar-refractivity contribution in [2.24, 2.45) is 0 Å². The van der Waals surface area contributed by atoms with Gasteiger partial charge in [0.1, 0.15) is 0 Å². The van der Waals surface area contributed by atoms with E-state index in [0.29, 0.717) is 24.7 Å². The lowest BCUT2D eigenvalue weighted by molar-refractivity contribution is -0.121. The molecule has 2 N–H and O–H groups in total. The van der Waals surface area contributed by atoms with Crippen molar-refractivity contribution >= 4 is 5.91 Å². The van der Waals surface area contributed by atoms with Gasteiger partial charge in [0, 0.05) is 18.7 Å². The first-order chi connectivity index (χ1) is 8.78. The molecular formula is C14H26N2O2. The van der Waals surface area contributed by atoms with Crippen molar-refractivity contribution in [1.82, 2.24) is 10.6 Å². The van der Waals surface area contributed by atoms with Crippen LogP contribution in [0.3, 0.4) is 0 Å². The van der Waals surface area contributed by atoms with E-state index in [9.17, 15) is 4.79 Å². The normalized spacial score (nSPS) is 28.7. The van der Waals surface area contributed by atoms with Crippen LogP contribution in [0, 0.1) is 0 Å². The summed E-state index contributed by atoms with van der Waals surface area (Å²) in [5.41, 5.74) is 0. The maximum absolute atomic E-state index is 11.8. The number of amides is 1. The minimum absolute atomic E-state index is 0.154. The summed E-state index contributed by atoms with van der Waals surface area (Å²) in [6.45, 7) is 3.28. The average Bonchev–Trinajstić information content (AvgIpc) is 2.33. The summed E-state index contributed by atoms with van der Waals surface area (Å²) < 4.78 is 5.50. The third-order valence-corrected chi connectivity index (χ3v) is 4.02. The van der Waals surface area contributed by atoms with Crippen molar-refractivity contribution in [2.75, 3.05) is 13.2 Å². The van der Waals surface area contributed by atoms with Gasteiger partial charge >= 0.3 is 0 Å². The molecule has 104 valence electrons. The fraction of sp³-hybridized carbons (Fsp3) is 0.929. The molecule has 0 spiro atoms. The Balaban J connectivity index is 1.52. The van der Waals surface area contributed by atoms with Crippen molar-refractivity contribution in [1.29, 1.82) is 0 Å². The van der Waals surface area contributed by atoms with Crippen molar-refractivity contribution in [3.05, 3.63) is 0 Å². The van der Waals surface area contributed by atoms with E-state index in [1.54, 1.807) is 0 Å². The van der Waals surface area contributed by atoms with E-state index in [1.807, 2.05) is 6.92 Å². The van der Waals surface area contributed by atoms with Crippen LogP contribution >= 0.6 is 0 Å². The van der Waals surface area contributed by atoms with Crippen molar-refractivity contribution in [3.63, 3.8) is 0 Å². The second-order valence-corrected chi connectivity index (χ2v) is 5.53.